The summed E-state index contributed by atoms with van der Waals surface area (Å²) in [5.41, 5.74) is 4.05. The average molecular weight is 303 g/mol. The Morgan fingerprint density at radius 1 is 1.23 bits per heavy atom. The van der Waals surface area contributed by atoms with Gasteiger partial charge in [0.2, 0.25) is 0 Å². The van der Waals surface area contributed by atoms with Gasteiger partial charge in [-0.1, -0.05) is 17.3 Å². The van der Waals surface area contributed by atoms with Crippen LogP contribution < -0.4 is 4.74 Å². The predicted molar refractivity (Wildman–Crippen MR) is 82.5 cm³/mol. The van der Waals surface area contributed by atoms with Crippen molar-refractivity contribution < 1.29 is 14.6 Å². The minimum absolute atomic E-state index is 0.00583. The van der Waals surface area contributed by atoms with Crippen molar-refractivity contribution in [2.24, 2.45) is 0 Å². The highest BCUT2D eigenvalue weighted by atomic mass is 16.5. The first-order chi connectivity index (χ1) is 10.4. The molecule has 0 aliphatic carbocycles. The first-order valence-corrected chi connectivity index (χ1v) is 7.24. The Hall–Kier alpha value is -2.37. The largest absolute Gasteiger partial charge is 0.493 e. The summed E-state index contributed by atoms with van der Waals surface area (Å²) in [7, 11) is 0. The second-order valence-corrected chi connectivity index (χ2v) is 5.41. The number of carbonyl (C=O) groups is 1. The normalized spacial score (nSPS) is 10.7. The lowest BCUT2D eigenvalue weighted by atomic mass is 10.1. The zero-order valence-corrected chi connectivity index (χ0v) is 13.4. The molecule has 1 aromatic heterocycles. The van der Waals surface area contributed by atoms with Crippen molar-refractivity contribution in [2.45, 2.75) is 40.7 Å². The predicted octanol–water partition coefficient (Wildman–Crippen LogP) is 2.68. The summed E-state index contributed by atoms with van der Waals surface area (Å²) in [5.74, 6) is -0.118. The number of aromatic carboxylic acids is 1. The summed E-state index contributed by atoms with van der Waals surface area (Å²) in [6, 6.07) is 4.14. The summed E-state index contributed by atoms with van der Waals surface area (Å²) in [6.07, 6.45) is 0.732. The highest BCUT2D eigenvalue weighted by Crippen LogP contribution is 2.25. The minimum Gasteiger partial charge on any atom is -0.493 e. The van der Waals surface area contributed by atoms with Crippen LogP contribution in [0.2, 0.25) is 0 Å². The number of benzene rings is 1. The fraction of sp³-hybridized carbons (Fsp3) is 0.438. The number of hydrogen-bond donors (Lipinski definition) is 1. The Kier molecular flexibility index (Phi) is 4.80. The molecule has 118 valence electrons. The van der Waals surface area contributed by atoms with Crippen molar-refractivity contribution in [3.63, 3.8) is 0 Å². The van der Waals surface area contributed by atoms with Crippen LogP contribution in [-0.2, 0) is 6.54 Å². The van der Waals surface area contributed by atoms with Crippen LogP contribution in [0.25, 0.3) is 0 Å². The average Bonchev–Trinajstić information content (AvgIpc) is 2.84. The highest BCUT2D eigenvalue weighted by Gasteiger charge is 2.14. The van der Waals surface area contributed by atoms with Crippen molar-refractivity contribution >= 4 is 5.97 Å². The van der Waals surface area contributed by atoms with Gasteiger partial charge in [-0.3, -0.25) is 0 Å². The molecule has 22 heavy (non-hydrogen) atoms. The van der Waals surface area contributed by atoms with Crippen molar-refractivity contribution in [1.29, 1.82) is 0 Å². The number of ether oxygens (including phenoxy) is 1. The smallest absolute Gasteiger partial charge is 0.358 e. The third-order valence-corrected chi connectivity index (χ3v) is 3.82. The maximum atomic E-state index is 10.9. The van der Waals surface area contributed by atoms with Crippen LogP contribution in [0.1, 0.15) is 39.3 Å². The van der Waals surface area contributed by atoms with E-state index in [4.69, 9.17) is 9.84 Å². The minimum atomic E-state index is -1.05. The van der Waals surface area contributed by atoms with E-state index in [0.717, 1.165) is 23.3 Å². The van der Waals surface area contributed by atoms with Crippen molar-refractivity contribution in [1.82, 2.24) is 15.0 Å². The summed E-state index contributed by atoms with van der Waals surface area (Å²) in [6.45, 7) is 8.98. The lowest BCUT2D eigenvalue weighted by molar-refractivity contribution is 0.0689. The molecule has 6 nitrogen and oxygen atoms in total. The van der Waals surface area contributed by atoms with E-state index in [0.29, 0.717) is 18.8 Å². The molecule has 6 heteroatoms. The quantitative estimate of drug-likeness (QED) is 0.830. The van der Waals surface area contributed by atoms with Crippen LogP contribution in [0, 0.1) is 27.7 Å². The van der Waals surface area contributed by atoms with Gasteiger partial charge in [0.25, 0.3) is 0 Å². The summed E-state index contributed by atoms with van der Waals surface area (Å²) < 4.78 is 7.49. The Bertz CT molecular complexity index is 692. The number of aromatic nitrogens is 3. The molecule has 2 rings (SSSR count). The Morgan fingerprint density at radius 2 is 1.91 bits per heavy atom. The molecule has 1 N–H and O–H groups in total. The Balaban J connectivity index is 1.93. The van der Waals surface area contributed by atoms with E-state index in [1.165, 1.54) is 5.56 Å². The molecule has 2 aromatic rings. The van der Waals surface area contributed by atoms with Crippen molar-refractivity contribution in [2.75, 3.05) is 6.61 Å². The number of rotatable bonds is 6. The van der Waals surface area contributed by atoms with Crippen LogP contribution in [0.15, 0.2) is 12.1 Å². The van der Waals surface area contributed by atoms with E-state index in [9.17, 15) is 4.79 Å². The highest BCUT2D eigenvalue weighted by molar-refractivity contribution is 5.86. The molecule has 1 aromatic carbocycles. The first kappa shape index (κ1) is 16.0. The molecule has 0 amide bonds. The van der Waals surface area contributed by atoms with Gasteiger partial charge in [-0.15, -0.1) is 5.10 Å². The summed E-state index contributed by atoms with van der Waals surface area (Å²) >= 11 is 0. The summed E-state index contributed by atoms with van der Waals surface area (Å²) in [5, 5.41) is 16.5. The van der Waals surface area contributed by atoms with Gasteiger partial charge in [-0.2, -0.15) is 0 Å². The van der Waals surface area contributed by atoms with Gasteiger partial charge in [0.15, 0.2) is 5.69 Å². The molecule has 0 radical (unpaired) electrons. The van der Waals surface area contributed by atoms with Crippen LogP contribution in [0.5, 0.6) is 5.75 Å². The molecule has 0 spiro atoms. The van der Waals surface area contributed by atoms with Gasteiger partial charge in [0, 0.05) is 13.0 Å². The Morgan fingerprint density at radius 3 is 2.55 bits per heavy atom. The third-order valence-electron chi connectivity index (χ3n) is 3.82. The molecule has 0 atom stereocenters. The number of aryl methyl sites for hydroxylation is 3. The van der Waals surface area contributed by atoms with Crippen molar-refractivity contribution in [3.05, 3.63) is 40.2 Å². The van der Waals surface area contributed by atoms with Gasteiger partial charge < -0.3 is 9.84 Å². The third kappa shape index (κ3) is 3.27. The van der Waals surface area contributed by atoms with Crippen LogP contribution in [-0.4, -0.2) is 32.7 Å². The van der Waals surface area contributed by atoms with E-state index in [1.54, 1.807) is 11.6 Å². The molecule has 0 saturated carbocycles. The molecule has 0 aliphatic heterocycles. The first-order valence-electron chi connectivity index (χ1n) is 7.24. The fourth-order valence-corrected chi connectivity index (χ4v) is 2.31. The van der Waals surface area contributed by atoms with Crippen LogP contribution in [0.3, 0.4) is 0 Å². The van der Waals surface area contributed by atoms with Gasteiger partial charge in [0.05, 0.1) is 12.3 Å². The maximum Gasteiger partial charge on any atom is 0.358 e. The Labute approximate surface area is 129 Å². The van der Waals surface area contributed by atoms with E-state index in [-0.39, 0.29) is 5.69 Å². The molecular weight excluding hydrogens is 282 g/mol. The number of nitrogens with zero attached hydrogens (tertiary/aromatic N) is 3. The molecule has 0 bridgehead atoms. The molecule has 1 heterocycles. The SMILES string of the molecule is Cc1ccc(C)c(OCCCn2nnc(C(=O)O)c2C)c1C. The standard InChI is InChI=1S/C16H21N3O3/c1-10-6-7-11(2)15(12(10)3)22-9-5-8-19-13(4)14(16(20)21)17-18-19/h6-7H,5,8-9H2,1-4H3,(H,20,21). The number of carboxylic acid groups (broad SMARTS) is 1. The lowest BCUT2D eigenvalue weighted by Crippen LogP contribution is -2.09. The van der Waals surface area contributed by atoms with Gasteiger partial charge in [-0.25, -0.2) is 9.48 Å². The second-order valence-electron chi connectivity index (χ2n) is 5.41. The van der Waals surface area contributed by atoms with Gasteiger partial charge in [-0.05, 0) is 44.4 Å². The van der Waals surface area contributed by atoms with Crippen LogP contribution >= 0.6 is 0 Å². The molecule has 0 saturated heterocycles. The lowest BCUT2D eigenvalue weighted by Gasteiger charge is -2.14. The summed E-state index contributed by atoms with van der Waals surface area (Å²) in [4.78, 5) is 10.9. The van der Waals surface area contributed by atoms with Gasteiger partial charge >= 0.3 is 5.97 Å². The molecular formula is C16H21N3O3. The topological polar surface area (TPSA) is 77.2 Å². The van der Waals surface area contributed by atoms with Crippen molar-refractivity contribution in [3.8, 4) is 5.75 Å². The van der Waals surface area contributed by atoms with E-state index < -0.39 is 5.97 Å². The fourth-order valence-electron chi connectivity index (χ4n) is 2.31. The van der Waals surface area contributed by atoms with E-state index in [1.807, 2.05) is 6.92 Å². The van der Waals surface area contributed by atoms with Crippen LogP contribution in [0.4, 0.5) is 0 Å². The zero-order chi connectivity index (χ0) is 16.3. The zero-order valence-electron chi connectivity index (χ0n) is 13.4. The molecule has 0 fully saturated rings. The maximum absolute atomic E-state index is 10.9. The number of carboxylic acids is 1. The second kappa shape index (κ2) is 6.60. The molecule has 0 unspecified atom stereocenters. The van der Waals surface area contributed by atoms with E-state index in [2.05, 4.69) is 36.3 Å². The van der Waals surface area contributed by atoms with Gasteiger partial charge in [0.1, 0.15) is 5.75 Å². The van der Waals surface area contributed by atoms with E-state index >= 15 is 0 Å². The number of hydrogen-bond acceptors (Lipinski definition) is 4. The molecule has 0 aliphatic rings. The monoisotopic (exact) mass is 303 g/mol.